The van der Waals surface area contributed by atoms with Gasteiger partial charge in [0.25, 0.3) is 0 Å². The van der Waals surface area contributed by atoms with Gasteiger partial charge < -0.3 is 15.0 Å². The molecule has 2 unspecified atom stereocenters. The second-order valence-electron chi connectivity index (χ2n) is 7.00. The van der Waals surface area contributed by atoms with Gasteiger partial charge in [-0.2, -0.15) is 0 Å². The van der Waals surface area contributed by atoms with Crippen LogP contribution >= 0.6 is 0 Å². The van der Waals surface area contributed by atoms with Crippen molar-refractivity contribution in [1.82, 2.24) is 10.2 Å². The molecule has 8 heteroatoms. The van der Waals surface area contributed by atoms with Gasteiger partial charge in [-0.15, -0.1) is 0 Å². The Labute approximate surface area is 157 Å². The van der Waals surface area contributed by atoms with E-state index in [9.17, 15) is 18.4 Å². The molecule has 2 fully saturated rings. The number of nitrogens with zero attached hydrogens (tertiary/aromatic N) is 2. The standard InChI is InChI=1S/C19H25F2N3O3/c1-27-10-9-23-7-2-3-14(23)12-22-18(25)15-6-8-24(19(15)26)13-4-5-16(20)17(21)11-13/h4-5,11,14-15H,2-3,6-10,12H2,1H3,(H,22,25). The lowest BCUT2D eigenvalue weighted by Gasteiger charge is -2.24. The number of hydrogen-bond donors (Lipinski definition) is 1. The molecule has 2 heterocycles. The molecular formula is C19H25F2N3O3. The molecule has 6 nitrogen and oxygen atoms in total. The van der Waals surface area contributed by atoms with Crippen LogP contribution in [0, 0.1) is 17.6 Å². The molecule has 0 radical (unpaired) electrons. The predicted molar refractivity (Wildman–Crippen MR) is 96.3 cm³/mol. The Morgan fingerprint density at radius 2 is 2.07 bits per heavy atom. The van der Waals surface area contributed by atoms with E-state index in [0.717, 1.165) is 38.1 Å². The van der Waals surface area contributed by atoms with Gasteiger partial charge in [-0.25, -0.2) is 8.78 Å². The van der Waals surface area contributed by atoms with Gasteiger partial charge in [0.15, 0.2) is 11.6 Å². The molecule has 1 N–H and O–H groups in total. The first kappa shape index (κ1) is 19.7. The number of carbonyl (C=O) groups is 2. The van der Waals surface area contributed by atoms with Crippen LogP contribution in [-0.2, 0) is 14.3 Å². The maximum Gasteiger partial charge on any atom is 0.239 e. The Morgan fingerprint density at radius 1 is 1.26 bits per heavy atom. The molecule has 0 aromatic heterocycles. The molecule has 0 spiro atoms. The van der Waals surface area contributed by atoms with Gasteiger partial charge >= 0.3 is 0 Å². The minimum absolute atomic E-state index is 0.253. The summed E-state index contributed by atoms with van der Waals surface area (Å²) in [5.41, 5.74) is 0.274. The highest BCUT2D eigenvalue weighted by atomic mass is 19.2. The van der Waals surface area contributed by atoms with Gasteiger partial charge in [-0.05, 0) is 37.9 Å². The van der Waals surface area contributed by atoms with Crippen LogP contribution in [-0.4, -0.2) is 62.7 Å². The van der Waals surface area contributed by atoms with Crippen LogP contribution in [0.5, 0.6) is 0 Å². The lowest BCUT2D eigenvalue weighted by molar-refractivity contribution is -0.132. The van der Waals surface area contributed by atoms with E-state index in [0.29, 0.717) is 26.1 Å². The van der Waals surface area contributed by atoms with Gasteiger partial charge in [0.05, 0.1) is 6.61 Å². The molecule has 2 atom stereocenters. The van der Waals surface area contributed by atoms with E-state index in [1.807, 2.05) is 0 Å². The zero-order chi connectivity index (χ0) is 19.4. The van der Waals surface area contributed by atoms with E-state index in [2.05, 4.69) is 10.2 Å². The molecule has 1 aromatic rings. The monoisotopic (exact) mass is 381 g/mol. The largest absolute Gasteiger partial charge is 0.383 e. The summed E-state index contributed by atoms with van der Waals surface area (Å²) in [6.45, 7) is 3.26. The van der Waals surface area contributed by atoms with Gasteiger partial charge in [0, 0.05) is 44.5 Å². The van der Waals surface area contributed by atoms with Crippen LogP contribution in [0.15, 0.2) is 18.2 Å². The molecule has 2 aliphatic rings. The molecule has 27 heavy (non-hydrogen) atoms. The third-order valence-electron chi connectivity index (χ3n) is 5.33. The van der Waals surface area contributed by atoms with Crippen molar-refractivity contribution in [2.75, 3.05) is 44.8 Å². The number of likely N-dealkylation sites (tertiary alicyclic amines) is 1. The van der Waals surface area contributed by atoms with Crippen molar-refractivity contribution in [3.05, 3.63) is 29.8 Å². The molecule has 2 amide bonds. The molecule has 0 saturated carbocycles. The normalized spacial score (nSPS) is 23.2. The van der Waals surface area contributed by atoms with Crippen molar-refractivity contribution < 1.29 is 23.1 Å². The average molecular weight is 381 g/mol. The number of halogens is 2. The third-order valence-corrected chi connectivity index (χ3v) is 5.33. The van der Waals surface area contributed by atoms with Gasteiger partial charge in [-0.1, -0.05) is 0 Å². The molecule has 0 aliphatic carbocycles. The molecule has 3 rings (SSSR count). The summed E-state index contributed by atoms with van der Waals surface area (Å²) in [6, 6.07) is 3.57. The van der Waals surface area contributed by atoms with E-state index in [-0.39, 0.29) is 23.5 Å². The Morgan fingerprint density at radius 3 is 2.81 bits per heavy atom. The fourth-order valence-electron chi connectivity index (χ4n) is 3.80. The van der Waals surface area contributed by atoms with Gasteiger partial charge in [-0.3, -0.25) is 14.5 Å². The SMILES string of the molecule is COCCN1CCCC1CNC(=O)C1CCN(c2ccc(F)c(F)c2)C1=O. The number of anilines is 1. The fourth-order valence-corrected chi connectivity index (χ4v) is 3.80. The smallest absolute Gasteiger partial charge is 0.239 e. The van der Waals surface area contributed by atoms with Crippen molar-refractivity contribution in [1.29, 1.82) is 0 Å². The molecule has 2 saturated heterocycles. The van der Waals surface area contributed by atoms with Crippen LogP contribution in [0.4, 0.5) is 14.5 Å². The summed E-state index contributed by atoms with van der Waals surface area (Å²) in [6.07, 6.45) is 2.45. The number of rotatable bonds is 7. The van der Waals surface area contributed by atoms with Crippen molar-refractivity contribution in [2.24, 2.45) is 5.92 Å². The van der Waals surface area contributed by atoms with E-state index in [4.69, 9.17) is 4.74 Å². The summed E-state index contributed by atoms with van der Waals surface area (Å²) in [4.78, 5) is 28.7. The molecular weight excluding hydrogens is 356 g/mol. The fraction of sp³-hybridized carbons (Fsp3) is 0.579. The highest BCUT2D eigenvalue weighted by molar-refractivity contribution is 6.09. The Bertz CT molecular complexity index is 701. The molecule has 148 valence electrons. The van der Waals surface area contributed by atoms with Crippen LogP contribution in [0.3, 0.4) is 0 Å². The van der Waals surface area contributed by atoms with E-state index >= 15 is 0 Å². The number of carbonyl (C=O) groups excluding carboxylic acids is 2. The van der Waals surface area contributed by atoms with Crippen LogP contribution in [0.2, 0.25) is 0 Å². The van der Waals surface area contributed by atoms with Crippen LogP contribution in [0.1, 0.15) is 19.3 Å². The summed E-state index contributed by atoms with van der Waals surface area (Å²) in [5.74, 6) is -3.43. The molecule has 2 aliphatic heterocycles. The molecule has 1 aromatic carbocycles. The number of amides is 2. The topological polar surface area (TPSA) is 61.9 Å². The minimum Gasteiger partial charge on any atom is -0.383 e. The highest BCUT2D eigenvalue weighted by Gasteiger charge is 2.38. The molecule has 0 bridgehead atoms. The van der Waals surface area contributed by atoms with E-state index in [1.165, 1.54) is 11.0 Å². The van der Waals surface area contributed by atoms with E-state index < -0.39 is 17.6 Å². The van der Waals surface area contributed by atoms with Crippen molar-refractivity contribution in [3.63, 3.8) is 0 Å². The van der Waals surface area contributed by atoms with Crippen molar-refractivity contribution >= 4 is 17.5 Å². The lowest BCUT2D eigenvalue weighted by Crippen LogP contribution is -2.44. The Hall–Kier alpha value is -2.06. The van der Waals surface area contributed by atoms with Crippen molar-refractivity contribution in [2.45, 2.75) is 25.3 Å². The average Bonchev–Trinajstić information content (AvgIpc) is 3.26. The quantitative estimate of drug-likeness (QED) is 0.728. The number of hydrogen-bond acceptors (Lipinski definition) is 4. The number of nitrogens with one attached hydrogen (secondary N) is 1. The third kappa shape index (κ3) is 4.44. The number of benzene rings is 1. The summed E-state index contributed by atoms with van der Waals surface area (Å²) >= 11 is 0. The van der Waals surface area contributed by atoms with Gasteiger partial charge in [0.1, 0.15) is 5.92 Å². The number of ether oxygens (including phenoxy) is 1. The zero-order valence-electron chi connectivity index (χ0n) is 15.4. The maximum atomic E-state index is 13.4. The first-order chi connectivity index (χ1) is 13.0. The highest BCUT2D eigenvalue weighted by Crippen LogP contribution is 2.27. The maximum absolute atomic E-state index is 13.4. The minimum atomic E-state index is -1.01. The Kier molecular flexibility index (Phi) is 6.38. The Balaban J connectivity index is 1.55. The second-order valence-corrected chi connectivity index (χ2v) is 7.00. The first-order valence-corrected chi connectivity index (χ1v) is 9.28. The summed E-state index contributed by atoms with van der Waals surface area (Å²) < 4.78 is 31.6. The van der Waals surface area contributed by atoms with E-state index in [1.54, 1.807) is 7.11 Å². The summed E-state index contributed by atoms with van der Waals surface area (Å²) in [5, 5.41) is 2.89. The number of methoxy groups -OCH3 is 1. The first-order valence-electron chi connectivity index (χ1n) is 9.28. The van der Waals surface area contributed by atoms with Gasteiger partial charge in [0.2, 0.25) is 11.8 Å². The summed E-state index contributed by atoms with van der Waals surface area (Å²) in [7, 11) is 1.66. The second kappa shape index (κ2) is 8.75. The zero-order valence-corrected chi connectivity index (χ0v) is 15.4. The van der Waals surface area contributed by atoms with Crippen LogP contribution < -0.4 is 10.2 Å². The lowest BCUT2D eigenvalue weighted by atomic mass is 10.1. The van der Waals surface area contributed by atoms with Crippen LogP contribution in [0.25, 0.3) is 0 Å². The predicted octanol–water partition coefficient (Wildman–Crippen LogP) is 1.54. The van der Waals surface area contributed by atoms with Crippen molar-refractivity contribution in [3.8, 4) is 0 Å².